The van der Waals surface area contributed by atoms with Crippen molar-refractivity contribution in [3.05, 3.63) is 120 Å². The Bertz CT molecular complexity index is 1010. The summed E-state index contributed by atoms with van der Waals surface area (Å²) >= 11 is 0.269. The van der Waals surface area contributed by atoms with Gasteiger partial charge in [0.2, 0.25) is 0 Å². The number of rotatable bonds is 10. The summed E-state index contributed by atoms with van der Waals surface area (Å²) in [5.74, 6) is 0. The minimum Gasteiger partial charge on any atom is -0.382 e. The minimum absolute atomic E-state index is 0.269. The lowest BCUT2D eigenvalue weighted by Gasteiger charge is -2.07. The van der Waals surface area contributed by atoms with E-state index in [0.29, 0.717) is 11.3 Å². The van der Waals surface area contributed by atoms with Crippen LogP contribution in [0.5, 0.6) is 0 Å². The fourth-order valence-corrected chi connectivity index (χ4v) is 3.43. The zero-order chi connectivity index (χ0) is 28.6. The van der Waals surface area contributed by atoms with E-state index in [9.17, 15) is 3.89 Å². The predicted octanol–water partition coefficient (Wildman–Crippen LogP) is 10.4. The summed E-state index contributed by atoms with van der Waals surface area (Å²) in [5, 5.41) is 10.8. The van der Waals surface area contributed by atoms with Crippen molar-refractivity contribution in [2.24, 2.45) is 0 Å². The molecule has 0 bridgehead atoms. The quantitative estimate of drug-likeness (QED) is 0.185. The summed E-state index contributed by atoms with van der Waals surface area (Å²) in [5.41, 5.74) is 7.29. The Labute approximate surface area is 231 Å². The fourth-order valence-electron chi connectivity index (χ4n) is 3.05. The van der Waals surface area contributed by atoms with E-state index in [-0.39, 0.29) is 12.1 Å². The van der Waals surface area contributed by atoms with E-state index >= 15 is 0 Å². The molecule has 37 heavy (non-hydrogen) atoms. The molecule has 0 unspecified atom stereocenters. The molecule has 2 nitrogen and oxygen atoms in total. The third-order valence-corrected chi connectivity index (χ3v) is 5.35. The highest BCUT2D eigenvalue weighted by atomic mass is 32.2. The summed E-state index contributed by atoms with van der Waals surface area (Å²) in [6.45, 7) is 24.4. The number of benzene rings is 2. The Balaban J connectivity index is 0. The highest BCUT2D eigenvalue weighted by Gasteiger charge is 2.04. The first-order valence-electron chi connectivity index (χ1n) is 12.9. The van der Waals surface area contributed by atoms with Gasteiger partial charge in [0.15, 0.2) is 0 Å². The van der Waals surface area contributed by atoms with E-state index in [1.54, 1.807) is 6.07 Å². The van der Waals surface area contributed by atoms with Crippen molar-refractivity contribution in [1.82, 2.24) is 5.32 Å². The predicted molar refractivity (Wildman–Crippen MR) is 168 cm³/mol. The molecule has 0 heterocycles. The first-order valence-corrected chi connectivity index (χ1v) is 13.6. The molecule has 2 rings (SSSR count). The lowest BCUT2D eigenvalue weighted by molar-refractivity contribution is 0.920. The maximum atomic E-state index is 12.9. The number of hydrogen-bond donors (Lipinski definition) is 2. The first-order chi connectivity index (χ1) is 17.9. The third-order valence-electron chi connectivity index (χ3n) is 4.78. The second-order valence-electron chi connectivity index (χ2n) is 7.59. The van der Waals surface area contributed by atoms with Crippen LogP contribution in [-0.2, 0) is 6.42 Å². The van der Waals surface area contributed by atoms with Crippen LogP contribution >= 0.6 is 12.1 Å². The van der Waals surface area contributed by atoms with Crippen LogP contribution in [0.4, 0.5) is 3.89 Å². The Morgan fingerprint density at radius 2 is 1.65 bits per heavy atom. The molecule has 0 amide bonds. The van der Waals surface area contributed by atoms with Gasteiger partial charge in [0.1, 0.15) is 0 Å². The summed E-state index contributed by atoms with van der Waals surface area (Å²) in [7, 11) is 0. The molecule has 0 radical (unpaired) electrons. The number of halogens is 1. The molecule has 0 spiro atoms. The second kappa shape index (κ2) is 23.3. The normalized spacial score (nSPS) is 10.6. The molecule has 0 aliphatic carbocycles. The molecule has 2 aromatic rings. The highest BCUT2D eigenvalue weighted by Crippen LogP contribution is 2.25. The van der Waals surface area contributed by atoms with Gasteiger partial charge in [-0.2, -0.15) is 3.89 Å². The molecular formula is C33H47FN2S. The highest BCUT2D eigenvalue weighted by molar-refractivity contribution is 7.94. The molecule has 202 valence electrons. The monoisotopic (exact) mass is 522 g/mol. The van der Waals surface area contributed by atoms with Crippen molar-refractivity contribution in [1.29, 1.82) is 5.41 Å². The molecule has 0 saturated heterocycles. The lowest BCUT2D eigenvalue weighted by Crippen LogP contribution is -2.12. The van der Waals surface area contributed by atoms with Gasteiger partial charge in [-0.15, -0.1) is 6.58 Å². The van der Waals surface area contributed by atoms with Crippen molar-refractivity contribution in [3.63, 3.8) is 0 Å². The van der Waals surface area contributed by atoms with E-state index < -0.39 is 0 Å². The van der Waals surface area contributed by atoms with Crippen LogP contribution in [0.3, 0.4) is 0 Å². The zero-order valence-electron chi connectivity index (χ0n) is 24.1. The van der Waals surface area contributed by atoms with Gasteiger partial charge in [-0.3, -0.25) is 0 Å². The van der Waals surface area contributed by atoms with E-state index in [1.165, 1.54) is 17.3 Å². The standard InChI is InChI=1S/C18H18FNS.C11H17N.2C2H6/c1-13-9-14(2)11-17(10-13)16(12-20)8-7-15-5-3-4-6-18(15)21-19;1-5-7-8-10(3)11(4)12-9-6-2;2*1-2/h3-6,8-12,20H,7H2,1-2H3;5-8,12H,2,4,9H2,1,3H3;2*1-2H3/b16-8+,20-12?;7-5-,10-8+;;. The van der Waals surface area contributed by atoms with E-state index in [2.05, 4.69) is 36.7 Å². The van der Waals surface area contributed by atoms with Gasteiger partial charge in [0.25, 0.3) is 0 Å². The van der Waals surface area contributed by atoms with Gasteiger partial charge in [-0.25, -0.2) is 0 Å². The summed E-state index contributed by atoms with van der Waals surface area (Å²) in [6, 6.07) is 13.7. The van der Waals surface area contributed by atoms with Gasteiger partial charge < -0.3 is 10.7 Å². The number of aryl methyl sites for hydroxylation is 2. The maximum Gasteiger partial charge on any atom is 0.0815 e. The van der Waals surface area contributed by atoms with Crippen molar-refractivity contribution in [2.45, 2.75) is 66.7 Å². The van der Waals surface area contributed by atoms with Gasteiger partial charge in [0, 0.05) is 23.4 Å². The fraction of sp³-hybridized carbons (Fsp3) is 0.303. The number of nitrogens with one attached hydrogen (secondary N) is 2. The summed E-state index contributed by atoms with van der Waals surface area (Å²) < 4.78 is 12.9. The van der Waals surface area contributed by atoms with Gasteiger partial charge >= 0.3 is 0 Å². The average molecular weight is 523 g/mol. The van der Waals surface area contributed by atoms with Crippen LogP contribution in [0.25, 0.3) is 5.57 Å². The maximum absolute atomic E-state index is 12.9. The van der Waals surface area contributed by atoms with E-state index in [0.717, 1.165) is 34.5 Å². The van der Waals surface area contributed by atoms with Crippen LogP contribution in [0.1, 0.15) is 63.8 Å². The molecule has 0 saturated carbocycles. The van der Waals surface area contributed by atoms with Gasteiger partial charge in [-0.05, 0) is 62.5 Å². The molecule has 0 fully saturated rings. The van der Waals surface area contributed by atoms with Crippen molar-refractivity contribution in [2.75, 3.05) is 6.54 Å². The molecule has 0 aliphatic heterocycles. The first kappa shape index (κ1) is 36.0. The van der Waals surface area contributed by atoms with Crippen LogP contribution < -0.4 is 5.32 Å². The number of allylic oxidation sites excluding steroid dienone is 6. The third kappa shape index (κ3) is 15.6. The van der Waals surface area contributed by atoms with Crippen molar-refractivity contribution >= 4 is 23.9 Å². The summed E-state index contributed by atoms with van der Waals surface area (Å²) in [6.07, 6.45) is 11.8. The van der Waals surface area contributed by atoms with Crippen LogP contribution in [0.15, 0.2) is 102 Å². The Morgan fingerprint density at radius 1 is 1.05 bits per heavy atom. The van der Waals surface area contributed by atoms with Gasteiger partial charge in [0.05, 0.1) is 12.1 Å². The SMILES string of the molecule is C=CCNC(=C)/C(C)=C/C=C\C.CC.CC.Cc1cc(C)cc(/C(C=N)=C/Cc2ccccc2SF)c1. The van der Waals surface area contributed by atoms with Crippen molar-refractivity contribution in [3.8, 4) is 0 Å². The molecule has 0 aliphatic rings. The molecule has 4 heteroatoms. The molecule has 0 atom stereocenters. The van der Waals surface area contributed by atoms with Crippen molar-refractivity contribution < 1.29 is 3.89 Å². The van der Waals surface area contributed by atoms with Crippen LogP contribution in [0.2, 0.25) is 0 Å². The average Bonchev–Trinajstić information content (AvgIpc) is 2.93. The van der Waals surface area contributed by atoms with Crippen LogP contribution in [0, 0.1) is 19.3 Å². The minimum atomic E-state index is 0.269. The Hall–Kier alpha value is -3.11. The summed E-state index contributed by atoms with van der Waals surface area (Å²) in [4.78, 5) is 0.638. The van der Waals surface area contributed by atoms with E-state index in [1.807, 2.05) is 104 Å². The molecule has 2 N–H and O–H groups in total. The topological polar surface area (TPSA) is 35.9 Å². The molecular weight excluding hydrogens is 475 g/mol. The Morgan fingerprint density at radius 3 is 2.16 bits per heavy atom. The smallest absolute Gasteiger partial charge is 0.0815 e. The zero-order valence-corrected chi connectivity index (χ0v) is 24.9. The lowest BCUT2D eigenvalue weighted by atomic mass is 9.99. The second-order valence-corrected chi connectivity index (χ2v) is 8.19. The largest absolute Gasteiger partial charge is 0.382 e. The van der Waals surface area contributed by atoms with Gasteiger partial charge in [-0.1, -0.05) is 112 Å². The molecule has 0 aromatic heterocycles. The molecule has 2 aromatic carbocycles. The number of hydrogen-bond acceptors (Lipinski definition) is 3. The van der Waals surface area contributed by atoms with E-state index in [4.69, 9.17) is 5.41 Å². The Kier molecular flexibility index (Phi) is 22.7. The van der Waals surface area contributed by atoms with Crippen LogP contribution in [-0.4, -0.2) is 12.8 Å².